The summed E-state index contributed by atoms with van der Waals surface area (Å²) in [6.45, 7) is 0.424. The molecule has 3 heterocycles. The first kappa shape index (κ1) is 18.4. The van der Waals surface area contributed by atoms with Gasteiger partial charge in [0, 0.05) is 38.6 Å². The van der Waals surface area contributed by atoms with E-state index in [2.05, 4.69) is 15.0 Å². The SMILES string of the molecule is CN(C)S(=O)(=O)N1CCC[C@@H]1c1cncc(-c2cncc(C(=O)O)c2)n1. The van der Waals surface area contributed by atoms with Gasteiger partial charge in [0.1, 0.15) is 0 Å². The van der Waals surface area contributed by atoms with Gasteiger partial charge >= 0.3 is 5.97 Å². The molecule has 2 aromatic rings. The Morgan fingerprint density at radius 3 is 2.65 bits per heavy atom. The Bertz CT molecular complexity index is 932. The molecule has 0 radical (unpaired) electrons. The smallest absolute Gasteiger partial charge is 0.337 e. The zero-order valence-corrected chi connectivity index (χ0v) is 15.2. The van der Waals surface area contributed by atoms with E-state index < -0.39 is 22.2 Å². The van der Waals surface area contributed by atoms with Crippen molar-refractivity contribution in [3.8, 4) is 11.3 Å². The van der Waals surface area contributed by atoms with Crippen LogP contribution in [-0.4, -0.2) is 63.7 Å². The van der Waals surface area contributed by atoms with Crippen LogP contribution in [0.4, 0.5) is 0 Å². The maximum absolute atomic E-state index is 12.5. The van der Waals surface area contributed by atoms with Crippen molar-refractivity contribution in [2.75, 3.05) is 20.6 Å². The van der Waals surface area contributed by atoms with Crippen LogP contribution in [0.15, 0.2) is 30.9 Å². The van der Waals surface area contributed by atoms with Gasteiger partial charge in [0.15, 0.2) is 0 Å². The molecule has 0 saturated carbocycles. The van der Waals surface area contributed by atoms with Crippen molar-refractivity contribution in [2.45, 2.75) is 18.9 Å². The number of hydrogen-bond acceptors (Lipinski definition) is 6. The quantitative estimate of drug-likeness (QED) is 0.831. The summed E-state index contributed by atoms with van der Waals surface area (Å²) in [6, 6.07) is 1.07. The Labute approximate surface area is 151 Å². The highest BCUT2D eigenvalue weighted by Crippen LogP contribution is 2.34. The Morgan fingerprint density at radius 1 is 1.23 bits per heavy atom. The van der Waals surface area contributed by atoms with Gasteiger partial charge in [-0.3, -0.25) is 9.97 Å². The number of aromatic nitrogens is 3. The first-order valence-corrected chi connectivity index (χ1v) is 9.40. The van der Waals surface area contributed by atoms with Crippen molar-refractivity contribution >= 4 is 16.2 Å². The molecule has 0 unspecified atom stereocenters. The lowest BCUT2D eigenvalue weighted by atomic mass is 10.1. The van der Waals surface area contributed by atoms with Gasteiger partial charge in [0.05, 0.1) is 35.4 Å². The normalized spacial score (nSPS) is 18.3. The second-order valence-corrected chi connectivity index (χ2v) is 8.25. The topological polar surface area (TPSA) is 117 Å². The zero-order valence-electron chi connectivity index (χ0n) is 14.4. The summed E-state index contributed by atoms with van der Waals surface area (Å²) in [6.07, 6.45) is 7.20. The number of nitrogens with zero attached hydrogens (tertiary/aromatic N) is 5. The lowest BCUT2D eigenvalue weighted by Crippen LogP contribution is -2.39. The van der Waals surface area contributed by atoms with Gasteiger partial charge in [-0.25, -0.2) is 9.78 Å². The molecule has 1 aliphatic heterocycles. The van der Waals surface area contributed by atoms with E-state index in [1.807, 2.05) is 0 Å². The Balaban J connectivity index is 1.97. The van der Waals surface area contributed by atoms with E-state index in [4.69, 9.17) is 5.11 Å². The van der Waals surface area contributed by atoms with E-state index >= 15 is 0 Å². The van der Waals surface area contributed by atoms with Crippen LogP contribution in [0.25, 0.3) is 11.3 Å². The van der Waals surface area contributed by atoms with E-state index in [-0.39, 0.29) is 5.56 Å². The maximum Gasteiger partial charge on any atom is 0.337 e. The Hall–Kier alpha value is -2.43. The van der Waals surface area contributed by atoms with Gasteiger partial charge in [-0.1, -0.05) is 0 Å². The fraction of sp³-hybridized carbons (Fsp3) is 0.375. The van der Waals surface area contributed by atoms with Crippen LogP contribution in [0.1, 0.15) is 34.9 Å². The van der Waals surface area contributed by atoms with Crippen molar-refractivity contribution in [2.24, 2.45) is 0 Å². The first-order chi connectivity index (χ1) is 12.3. The van der Waals surface area contributed by atoms with Crippen molar-refractivity contribution in [3.05, 3.63) is 42.1 Å². The summed E-state index contributed by atoms with van der Waals surface area (Å²) < 4.78 is 27.6. The lowest BCUT2D eigenvalue weighted by Gasteiger charge is -2.26. The molecule has 9 nitrogen and oxygen atoms in total. The number of carboxylic acid groups (broad SMARTS) is 1. The van der Waals surface area contributed by atoms with E-state index in [0.717, 1.165) is 6.42 Å². The minimum atomic E-state index is -3.56. The fourth-order valence-corrected chi connectivity index (χ4v) is 4.21. The number of hydrogen-bond donors (Lipinski definition) is 1. The summed E-state index contributed by atoms with van der Waals surface area (Å²) >= 11 is 0. The van der Waals surface area contributed by atoms with Gasteiger partial charge in [0.2, 0.25) is 0 Å². The standard InChI is InChI=1S/C16H19N5O4S/c1-20(2)26(24,25)21-5-3-4-15(21)14-10-18-9-13(19-14)11-6-12(16(22)23)8-17-7-11/h6-10,15H,3-5H2,1-2H3,(H,22,23)/t15-/m1/s1. The second-order valence-electron chi connectivity index (χ2n) is 6.16. The molecular formula is C16H19N5O4S. The summed E-state index contributed by atoms with van der Waals surface area (Å²) in [7, 11) is -0.569. The van der Waals surface area contributed by atoms with Gasteiger partial charge in [0.25, 0.3) is 10.2 Å². The highest BCUT2D eigenvalue weighted by Gasteiger charge is 2.37. The van der Waals surface area contributed by atoms with E-state index in [1.165, 1.54) is 47.4 Å². The molecule has 0 aromatic carbocycles. The molecule has 3 rings (SSSR count). The Morgan fingerprint density at radius 2 is 1.96 bits per heavy atom. The molecular weight excluding hydrogens is 358 g/mol. The van der Waals surface area contributed by atoms with Crippen LogP contribution in [0.5, 0.6) is 0 Å². The highest BCUT2D eigenvalue weighted by atomic mass is 32.2. The molecule has 1 aliphatic rings. The number of carboxylic acids is 1. The third-order valence-corrected chi connectivity index (χ3v) is 6.19. The molecule has 0 amide bonds. The molecule has 26 heavy (non-hydrogen) atoms. The first-order valence-electron chi connectivity index (χ1n) is 8.00. The molecule has 2 aromatic heterocycles. The maximum atomic E-state index is 12.5. The number of rotatable bonds is 5. The van der Waals surface area contributed by atoms with Crippen molar-refractivity contribution in [1.29, 1.82) is 0 Å². The van der Waals surface area contributed by atoms with Crippen LogP contribution < -0.4 is 0 Å². The minimum absolute atomic E-state index is 0.0485. The molecule has 1 atom stereocenters. The monoisotopic (exact) mass is 377 g/mol. The van der Waals surface area contributed by atoms with Crippen molar-refractivity contribution < 1.29 is 18.3 Å². The summed E-state index contributed by atoms with van der Waals surface area (Å²) in [5.74, 6) is -1.08. The third kappa shape index (κ3) is 3.43. The van der Waals surface area contributed by atoms with Crippen LogP contribution in [0.3, 0.4) is 0 Å². The van der Waals surface area contributed by atoms with Crippen LogP contribution in [-0.2, 0) is 10.2 Å². The average Bonchev–Trinajstić information content (AvgIpc) is 3.12. The number of pyridine rings is 1. The highest BCUT2D eigenvalue weighted by molar-refractivity contribution is 7.86. The fourth-order valence-electron chi connectivity index (χ4n) is 2.90. The number of aromatic carboxylic acids is 1. The predicted octanol–water partition coefficient (Wildman–Crippen LogP) is 1.18. The van der Waals surface area contributed by atoms with Crippen LogP contribution in [0.2, 0.25) is 0 Å². The van der Waals surface area contributed by atoms with Gasteiger partial charge in [-0.15, -0.1) is 0 Å². The predicted molar refractivity (Wildman–Crippen MR) is 93.5 cm³/mol. The molecule has 10 heteroatoms. The molecule has 1 fully saturated rings. The van der Waals surface area contributed by atoms with Crippen molar-refractivity contribution in [1.82, 2.24) is 23.6 Å². The van der Waals surface area contributed by atoms with Gasteiger partial charge in [-0.05, 0) is 18.9 Å². The van der Waals surface area contributed by atoms with Gasteiger partial charge < -0.3 is 5.11 Å². The van der Waals surface area contributed by atoms with Crippen LogP contribution >= 0.6 is 0 Å². The molecule has 0 aliphatic carbocycles. The van der Waals surface area contributed by atoms with E-state index in [1.54, 1.807) is 6.20 Å². The van der Waals surface area contributed by atoms with E-state index in [9.17, 15) is 13.2 Å². The number of carbonyl (C=O) groups is 1. The van der Waals surface area contributed by atoms with E-state index in [0.29, 0.717) is 29.9 Å². The molecule has 138 valence electrons. The van der Waals surface area contributed by atoms with Gasteiger partial charge in [-0.2, -0.15) is 17.0 Å². The zero-order chi connectivity index (χ0) is 18.9. The summed E-state index contributed by atoms with van der Waals surface area (Å²) in [5, 5.41) is 9.11. The lowest BCUT2D eigenvalue weighted by molar-refractivity contribution is 0.0696. The summed E-state index contributed by atoms with van der Waals surface area (Å²) in [5.41, 5.74) is 1.55. The molecule has 1 saturated heterocycles. The minimum Gasteiger partial charge on any atom is -0.478 e. The average molecular weight is 377 g/mol. The molecule has 1 N–H and O–H groups in total. The third-order valence-electron chi connectivity index (χ3n) is 4.24. The molecule has 0 bridgehead atoms. The van der Waals surface area contributed by atoms with Crippen molar-refractivity contribution in [3.63, 3.8) is 0 Å². The molecule has 0 spiro atoms. The summed E-state index contributed by atoms with van der Waals surface area (Å²) in [4.78, 5) is 23.7. The Kier molecular flexibility index (Phi) is 4.99. The van der Waals surface area contributed by atoms with Crippen LogP contribution in [0, 0.1) is 0 Å². The second kappa shape index (κ2) is 7.06. The largest absolute Gasteiger partial charge is 0.478 e.